The summed E-state index contributed by atoms with van der Waals surface area (Å²) in [6.07, 6.45) is 5.45. The summed E-state index contributed by atoms with van der Waals surface area (Å²) in [5.74, 6) is 0. The Morgan fingerprint density at radius 1 is 1.20 bits per heavy atom. The molecule has 3 heteroatoms. The lowest BCUT2D eigenvalue weighted by atomic mass is 10.0. The summed E-state index contributed by atoms with van der Waals surface area (Å²) in [7, 11) is 4.41. The Morgan fingerprint density at radius 3 is 2.47 bits per heavy atom. The fourth-order valence-corrected chi connectivity index (χ4v) is 2.84. The van der Waals surface area contributed by atoms with Crippen LogP contribution in [0.2, 0.25) is 0 Å². The van der Waals surface area contributed by atoms with Gasteiger partial charge in [0.2, 0.25) is 0 Å². The van der Waals surface area contributed by atoms with E-state index in [0.717, 1.165) is 12.1 Å². The Morgan fingerprint density at radius 2 is 1.93 bits per heavy atom. The van der Waals surface area contributed by atoms with Crippen LogP contribution in [-0.2, 0) is 0 Å². The molecule has 2 heterocycles. The molecule has 2 rings (SSSR count). The van der Waals surface area contributed by atoms with Crippen molar-refractivity contribution in [1.82, 2.24) is 15.1 Å². The number of likely N-dealkylation sites (tertiary alicyclic amines) is 1. The molecule has 0 radical (unpaired) electrons. The van der Waals surface area contributed by atoms with E-state index in [9.17, 15) is 0 Å². The van der Waals surface area contributed by atoms with Gasteiger partial charge in [0.25, 0.3) is 0 Å². The zero-order chi connectivity index (χ0) is 10.7. The van der Waals surface area contributed by atoms with Crippen LogP contribution in [0.1, 0.15) is 25.7 Å². The van der Waals surface area contributed by atoms with Crippen LogP contribution in [0, 0.1) is 0 Å². The Bertz CT molecular complexity index is 179. The molecule has 0 amide bonds. The van der Waals surface area contributed by atoms with Crippen molar-refractivity contribution in [2.75, 3.05) is 40.3 Å². The predicted molar refractivity (Wildman–Crippen MR) is 64.2 cm³/mol. The van der Waals surface area contributed by atoms with Gasteiger partial charge in [-0.2, -0.15) is 0 Å². The average molecular weight is 211 g/mol. The molecule has 3 nitrogen and oxygen atoms in total. The summed E-state index contributed by atoms with van der Waals surface area (Å²) < 4.78 is 0. The number of nitrogens with one attached hydrogen (secondary N) is 1. The van der Waals surface area contributed by atoms with Crippen LogP contribution in [0.4, 0.5) is 0 Å². The maximum atomic E-state index is 3.59. The number of nitrogens with zero attached hydrogens (tertiary/aromatic N) is 2. The summed E-state index contributed by atoms with van der Waals surface area (Å²) in [4.78, 5) is 5.02. The minimum Gasteiger partial charge on any atom is -0.313 e. The van der Waals surface area contributed by atoms with E-state index in [4.69, 9.17) is 0 Å². The third-order valence-electron chi connectivity index (χ3n) is 3.93. The molecule has 1 unspecified atom stereocenters. The van der Waals surface area contributed by atoms with Crippen molar-refractivity contribution in [1.29, 1.82) is 0 Å². The van der Waals surface area contributed by atoms with Gasteiger partial charge in [-0.25, -0.2) is 0 Å². The molecule has 1 atom stereocenters. The van der Waals surface area contributed by atoms with Crippen LogP contribution in [0.5, 0.6) is 0 Å². The van der Waals surface area contributed by atoms with Crippen molar-refractivity contribution in [3.8, 4) is 0 Å². The second-order valence-electron chi connectivity index (χ2n) is 5.29. The zero-order valence-corrected chi connectivity index (χ0v) is 10.2. The molecular weight excluding hydrogens is 186 g/mol. The van der Waals surface area contributed by atoms with E-state index >= 15 is 0 Å². The Hall–Kier alpha value is -0.120. The summed E-state index contributed by atoms with van der Waals surface area (Å²) in [6, 6.07) is 1.60. The predicted octanol–water partition coefficient (Wildman–Crippen LogP) is 0.764. The highest BCUT2D eigenvalue weighted by atomic mass is 15.2. The third-order valence-corrected chi connectivity index (χ3v) is 3.93. The van der Waals surface area contributed by atoms with E-state index in [2.05, 4.69) is 29.2 Å². The fourth-order valence-electron chi connectivity index (χ4n) is 2.84. The Kier molecular flexibility index (Phi) is 4.00. The number of rotatable bonds is 3. The molecule has 0 spiro atoms. The molecule has 0 saturated carbocycles. The standard InChI is InChI=1S/C12H25N3/c1-14(2)12-5-8-15(9-6-12)10-11-4-3-7-13-11/h11-13H,3-10H2,1-2H3. The molecule has 2 aliphatic heterocycles. The van der Waals surface area contributed by atoms with Gasteiger partial charge in [0.15, 0.2) is 0 Å². The minimum atomic E-state index is 0.779. The largest absolute Gasteiger partial charge is 0.313 e. The SMILES string of the molecule is CN(C)C1CCN(CC2CCCN2)CC1. The van der Waals surface area contributed by atoms with E-state index < -0.39 is 0 Å². The number of hydrogen-bond donors (Lipinski definition) is 1. The quantitative estimate of drug-likeness (QED) is 0.744. The first-order valence-corrected chi connectivity index (χ1v) is 6.38. The van der Waals surface area contributed by atoms with Gasteiger partial charge >= 0.3 is 0 Å². The highest BCUT2D eigenvalue weighted by Crippen LogP contribution is 2.16. The van der Waals surface area contributed by atoms with E-state index in [1.165, 1.54) is 51.9 Å². The molecular formula is C12H25N3. The van der Waals surface area contributed by atoms with Gasteiger partial charge in [-0.05, 0) is 59.4 Å². The monoisotopic (exact) mass is 211 g/mol. The normalized spacial score (nSPS) is 30.2. The maximum Gasteiger partial charge on any atom is 0.0195 e. The Balaban J connectivity index is 1.68. The van der Waals surface area contributed by atoms with Crippen LogP contribution in [0.25, 0.3) is 0 Å². The lowest BCUT2D eigenvalue weighted by molar-refractivity contribution is 0.137. The summed E-state index contributed by atoms with van der Waals surface area (Å²) in [5, 5.41) is 3.59. The van der Waals surface area contributed by atoms with Crippen LogP contribution in [0.3, 0.4) is 0 Å². The van der Waals surface area contributed by atoms with Crippen LogP contribution in [0.15, 0.2) is 0 Å². The third kappa shape index (κ3) is 3.16. The molecule has 0 aliphatic carbocycles. The van der Waals surface area contributed by atoms with Crippen molar-refractivity contribution >= 4 is 0 Å². The van der Waals surface area contributed by atoms with Gasteiger partial charge in [-0.3, -0.25) is 0 Å². The van der Waals surface area contributed by atoms with Crippen LogP contribution < -0.4 is 5.32 Å². The smallest absolute Gasteiger partial charge is 0.0195 e. The van der Waals surface area contributed by atoms with E-state index in [0.29, 0.717) is 0 Å². The number of piperidine rings is 1. The fraction of sp³-hybridized carbons (Fsp3) is 1.00. The first kappa shape index (κ1) is 11.4. The molecule has 0 bridgehead atoms. The van der Waals surface area contributed by atoms with E-state index in [1.54, 1.807) is 0 Å². The van der Waals surface area contributed by atoms with Gasteiger partial charge in [0, 0.05) is 18.6 Å². The van der Waals surface area contributed by atoms with Crippen molar-refractivity contribution in [3.63, 3.8) is 0 Å². The first-order valence-electron chi connectivity index (χ1n) is 6.38. The maximum absolute atomic E-state index is 3.59. The second-order valence-corrected chi connectivity index (χ2v) is 5.29. The minimum absolute atomic E-state index is 0.779. The number of hydrogen-bond acceptors (Lipinski definition) is 3. The lowest BCUT2D eigenvalue weighted by Gasteiger charge is -2.36. The van der Waals surface area contributed by atoms with Crippen molar-refractivity contribution in [3.05, 3.63) is 0 Å². The molecule has 88 valence electrons. The summed E-state index contributed by atoms with van der Waals surface area (Å²) in [6.45, 7) is 5.10. The average Bonchev–Trinajstić information content (AvgIpc) is 2.71. The van der Waals surface area contributed by atoms with Gasteiger partial charge in [0.05, 0.1) is 0 Å². The first-order chi connectivity index (χ1) is 7.25. The van der Waals surface area contributed by atoms with Gasteiger partial charge in [-0.15, -0.1) is 0 Å². The molecule has 0 aromatic rings. The van der Waals surface area contributed by atoms with Crippen molar-refractivity contribution in [2.24, 2.45) is 0 Å². The van der Waals surface area contributed by atoms with E-state index in [-0.39, 0.29) is 0 Å². The van der Waals surface area contributed by atoms with Crippen molar-refractivity contribution < 1.29 is 0 Å². The summed E-state index contributed by atoms with van der Waals surface area (Å²) >= 11 is 0. The molecule has 2 saturated heterocycles. The second kappa shape index (κ2) is 5.28. The van der Waals surface area contributed by atoms with Crippen LogP contribution >= 0.6 is 0 Å². The molecule has 15 heavy (non-hydrogen) atoms. The molecule has 0 aromatic heterocycles. The summed E-state index contributed by atoms with van der Waals surface area (Å²) in [5.41, 5.74) is 0. The van der Waals surface area contributed by atoms with E-state index in [1.807, 2.05) is 0 Å². The van der Waals surface area contributed by atoms with Gasteiger partial charge in [0.1, 0.15) is 0 Å². The van der Waals surface area contributed by atoms with Crippen LogP contribution in [-0.4, -0.2) is 62.2 Å². The highest BCUT2D eigenvalue weighted by molar-refractivity contribution is 4.82. The topological polar surface area (TPSA) is 18.5 Å². The molecule has 0 aromatic carbocycles. The lowest BCUT2D eigenvalue weighted by Crippen LogP contribution is -2.46. The molecule has 2 fully saturated rings. The van der Waals surface area contributed by atoms with Gasteiger partial charge in [-0.1, -0.05) is 0 Å². The van der Waals surface area contributed by atoms with Crippen molar-refractivity contribution in [2.45, 2.75) is 37.8 Å². The molecule has 2 aliphatic rings. The highest BCUT2D eigenvalue weighted by Gasteiger charge is 2.23. The molecule has 1 N–H and O–H groups in total. The zero-order valence-electron chi connectivity index (χ0n) is 10.2. The van der Waals surface area contributed by atoms with Gasteiger partial charge < -0.3 is 15.1 Å². The Labute approximate surface area is 93.8 Å².